The predicted molar refractivity (Wildman–Crippen MR) is 53.6 cm³/mol. The molecule has 0 saturated heterocycles. The third-order valence-electron chi connectivity index (χ3n) is 3.55. The third-order valence-corrected chi connectivity index (χ3v) is 3.55. The smallest absolute Gasteiger partial charge is 0.225 e. The van der Waals surface area contributed by atoms with Gasteiger partial charge in [-0.3, -0.25) is 4.79 Å². The number of hydrogen-bond acceptors (Lipinski definition) is 2. The van der Waals surface area contributed by atoms with Gasteiger partial charge in [0.25, 0.3) is 0 Å². The van der Waals surface area contributed by atoms with Crippen molar-refractivity contribution < 1.29 is 9.90 Å². The SMILES string of the molecule is CC1CC1C(=O)N(C)CC1CC(O)C1. The number of carbonyl (C=O) groups is 1. The van der Waals surface area contributed by atoms with Gasteiger partial charge in [0, 0.05) is 19.5 Å². The van der Waals surface area contributed by atoms with E-state index in [1.165, 1.54) is 0 Å². The fourth-order valence-corrected chi connectivity index (χ4v) is 2.28. The molecule has 2 rings (SSSR count). The Kier molecular flexibility index (Phi) is 2.52. The fourth-order valence-electron chi connectivity index (χ4n) is 2.28. The van der Waals surface area contributed by atoms with Gasteiger partial charge in [-0.25, -0.2) is 0 Å². The average Bonchev–Trinajstić information content (AvgIpc) is 2.78. The molecule has 0 aliphatic heterocycles. The maximum Gasteiger partial charge on any atom is 0.225 e. The summed E-state index contributed by atoms with van der Waals surface area (Å²) in [7, 11) is 1.89. The van der Waals surface area contributed by atoms with E-state index in [2.05, 4.69) is 6.92 Å². The molecule has 0 heterocycles. The van der Waals surface area contributed by atoms with Gasteiger partial charge in [-0.2, -0.15) is 0 Å². The summed E-state index contributed by atoms with van der Waals surface area (Å²) in [4.78, 5) is 13.6. The van der Waals surface area contributed by atoms with Gasteiger partial charge < -0.3 is 10.0 Å². The molecule has 0 radical (unpaired) electrons. The van der Waals surface area contributed by atoms with E-state index in [4.69, 9.17) is 5.11 Å². The van der Waals surface area contributed by atoms with Crippen molar-refractivity contribution in [1.29, 1.82) is 0 Å². The van der Waals surface area contributed by atoms with Crippen LogP contribution in [0.2, 0.25) is 0 Å². The number of aliphatic hydroxyl groups is 1. The van der Waals surface area contributed by atoms with Gasteiger partial charge in [-0.05, 0) is 31.1 Å². The van der Waals surface area contributed by atoms with E-state index in [0.717, 1.165) is 25.8 Å². The van der Waals surface area contributed by atoms with Gasteiger partial charge in [-0.15, -0.1) is 0 Å². The maximum atomic E-state index is 11.7. The molecular weight excluding hydrogens is 178 g/mol. The molecule has 1 amide bonds. The number of rotatable bonds is 3. The van der Waals surface area contributed by atoms with Crippen molar-refractivity contribution in [3.8, 4) is 0 Å². The van der Waals surface area contributed by atoms with E-state index in [9.17, 15) is 4.79 Å². The van der Waals surface area contributed by atoms with E-state index in [1.807, 2.05) is 11.9 Å². The van der Waals surface area contributed by atoms with Crippen LogP contribution in [0.25, 0.3) is 0 Å². The summed E-state index contributed by atoms with van der Waals surface area (Å²) in [6.07, 6.45) is 2.70. The third kappa shape index (κ3) is 1.92. The zero-order chi connectivity index (χ0) is 10.3. The van der Waals surface area contributed by atoms with Crippen LogP contribution in [-0.2, 0) is 4.79 Å². The lowest BCUT2D eigenvalue weighted by Crippen LogP contribution is -2.40. The standard InChI is InChI=1S/C11H19NO2/c1-7-3-10(7)11(14)12(2)6-8-4-9(13)5-8/h7-10,13H,3-6H2,1-2H3. The second kappa shape index (κ2) is 3.54. The molecule has 3 nitrogen and oxygen atoms in total. The first-order valence-corrected chi connectivity index (χ1v) is 5.51. The Bertz CT molecular complexity index is 235. The largest absolute Gasteiger partial charge is 0.393 e. The number of nitrogens with zero attached hydrogens (tertiary/aromatic N) is 1. The Morgan fingerprint density at radius 1 is 1.43 bits per heavy atom. The highest BCUT2D eigenvalue weighted by molar-refractivity contribution is 5.81. The van der Waals surface area contributed by atoms with Crippen molar-refractivity contribution in [2.24, 2.45) is 17.8 Å². The Morgan fingerprint density at radius 3 is 2.43 bits per heavy atom. The van der Waals surface area contributed by atoms with Crippen molar-refractivity contribution in [3.05, 3.63) is 0 Å². The highest BCUT2D eigenvalue weighted by Crippen LogP contribution is 2.39. The molecule has 0 bridgehead atoms. The van der Waals surface area contributed by atoms with Crippen molar-refractivity contribution in [1.82, 2.24) is 4.90 Å². The molecular formula is C11H19NO2. The van der Waals surface area contributed by atoms with Gasteiger partial charge in [-0.1, -0.05) is 6.92 Å². The van der Waals surface area contributed by atoms with Crippen LogP contribution < -0.4 is 0 Å². The van der Waals surface area contributed by atoms with Crippen molar-refractivity contribution in [2.45, 2.75) is 32.3 Å². The highest BCUT2D eigenvalue weighted by atomic mass is 16.3. The lowest BCUT2D eigenvalue weighted by atomic mass is 9.82. The molecule has 2 aliphatic carbocycles. The van der Waals surface area contributed by atoms with Crippen LogP contribution in [-0.4, -0.2) is 35.6 Å². The molecule has 0 aromatic rings. The van der Waals surface area contributed by atoms with Crippen LogP contribution in [0.15, 0.2) is 0 Å². The van der Waals surface area contributed by atoms with E-state index in [0.29, 0.717) is 23.7 Å². The fraction of sp³-hybridized carbons (Fsp3) is 0.909. The summed E-state index contributed by atoms with van der Waals surface area (Å²) in [5, 5.41) is 9.13. The molecule has 0 spiro atoms. The summed E-state index contributed by atoms with van der Waals surface area (Å²) in [6.45, 7) is 2.96. The average molecular weight is 197 g/mol. The van der Waals surface area contributed by atoms with Gasteiger partial charge in [0.05, 0.1) is 6.10 Å². The summed E-state index contributed by atoms with van der Waals surface area (Å²) < 4.78 is 0. The molecule has 2 unspecified atom stereocenters. The second-order valence-corrected chi connectivity index (χ2v) is 5.03. The van der Waals surface area contributed by atoms with Gasteiger partial charge in [0.2, 0.25) is 5.91 Å². The quantitative estimate of drug-likeness (QED) is 0.729. The Balaban J connectivity index is 1.72. The van der Waals surface area contributed by atoms with E-state index >= 15 is 0 Å². The normalized spacial score (nSPS) is 40.2. The first-order valence-electron chi connectivity index (χ1n) is 5.51. The van der Waals surface area contributed by atoms with Crippen molar-refractivity contribution >= 4 is 5.91 Å². The lowest BCUT2D eigenvalue weighted by Gasteiger charge is -2.34. The molecule has 2 aliphatic rings. The van der Waals surface area contributed by atoms with Crippen LogP contribution in [0.4, 0.5) is 0 Å². The van der Waals surface area contributed by atoms with Crippen LogP contribution in [0, 0.1) is 17.8 Å². The van der Waals surface area contributed by atoms with Gasteiger partial charge in [0.1, 0.15) is 0 Å². The Hall–Kier alpha value is -0.570. The van der Waals surface area contributed by atoms with Gasteiger partial charge in [0.15, 0.2) is 0 Å². The monoisotopic (exact) mass is 197 g/mol. The van der Waals surface area contributed by atoms with Crippen LogP contribution in [0.1, 0.15) is 26.2 Å². The zero-order valence-electron chi connectivity index (χ0n) is 8.94. The zero-order valence-corrected chi connectivity index (χ0v) is 8.94. The molecule has 1 N–H and O–H groups in total. The van der Waals surface area contributed by atoms with Crippen LogP contribution >= 0.6 is 0 Å². The number of aliphatic hydroxyl groups excluding tert-OH is 1. The molecule has 2 fully saturated rings. The van der Waals surface area contributed by atoms with Crippen molar-refractivity contribution in [2.75, 3.05) is 13.6 Å². The molecule has 80 valence electrons. The predicted octanol–water partition coefficient (Wildman–Crippen LogP) is 0.872. The first kappa shape index (κ1) is 9.97. The Morgan fingerprint density at radius 2 is 2.00 bits per heavy atom. The lowest BCUT2D eigenvalue weighted by molar-refractivity contribution is -0.133. The van der Waals surface area contributed by atoms with Crippen molar-refractivity contribution in [3.63, 3.8) is 0 Å². The summed E-state index contributed by atoms with van der Waals surface area (Å²) in [6, 6.07) is 0. The minimum Gasteiger partial charge on any atom is -0.393 e. The summed E-state index contributed by atoms with van der Waals surface area (Å²) >= 11 is 0. The molecule has 14 heavy (non-hydrogen) atoms. The van der Waals surface area contributed by atoms with E-state index in [1.54, 1.807) is 0 Å². The van der Waals surface area contributed by atoms with Crippen LogP contribution in [0.5, 0.6) is 0 Å². The van der Waals surface area contributed by atoms with Gasteiger partial charge >= 0.3 is 0 Å². The minimum atomic E-state index is -0.108. The summed E-state index contributed by atoms with van der Waals surface area (Å²) in [5.74, 6) is 1.73. The molecule has 0 aromatic heterocycles. The second-order valence-electron chi connectivity index (χ2n) is 5.03. The molecule has 0 aromatic carbocycles. The van der Waals surface area contributed by atoms with Crippen LogP contribution in [0.3, 0.4) is 0 Å². The molecule has 3 heteroatoms. The maximum absolute atomic E-state index is 11.7. The molecule has 2 atom stereocenters. The number of hydrogen-bond donors (Lipinski definition) is 1. The number of carbonyl (C=O) groups excluding carboxylic acids is 1. The summed E-state index contributed by atoms with van der Waals surface area (Å²) in [5.41, 5.74) is 0. The minimum absolute atomic E-state index is 0.108. The first-order chi connectivity index (χ1) is 6.58. The molecule has 2 saturated carbocycles. The topological polar surface area (TPSA) is 40.5 Å². The Labute approximate surface area is 85.1 Å². The number of amides is 1. The highest BCUT2D eigenvalue weighted by Gasteiger charge is 2.41. The van der Waals surface area contributed by atoms with E-state index < -0.39 is 0 Å². The van der Waals surface area contributed by atoms with E-state index in [-0.39, 0.29) is 6.10 Å².